The molecule has 2 aromatic carbocycles. The smallest absolute Gasteiger partial charge is 0.337 e. The lowest BCUT2D eigenvalue weighted by atomic mass is 10.2. The molecule has 1 atom stereocenters. The Morgan fingerprint density at radius 2 is 1.97 bits per heavy atom. The summed E-state index contributed by atoms with van der Waals surface area (Å²) in [5, 5.41) is 2.89. The second-order valence-corrected chi connectivity index (χ2v) is 9.19. The maximum atomic E-state index is 12.9. The summed E-state index contributed by atoms with van der Waals surface area (Å²) in [7, 11) is -2.31. The fourth-order valence-corrected chi connectivity index (χ4v) is 4.20. The normalized spacial score (nSPS) is 16.1. The van der Waals surface area contributed by atoms with Crippen LogP contribution in [0.3, 0.4) is 0 Å². The minimum Gasteiger partial charge on any atom is -0.478 e. The second kappa shape index (κ2) is 8.53. The number of ether oxygens (including phenoxy) is 2. The van der Waals surface area contributed by atoms with Crippen LogP contribution in [0.5, 0.6) is 5.75 Å². The van der Waals surface area contributed by atoms with E-state index in [2.05, 4.69) is 10.1 Å². The first kappa shape index (κ1) is 21.9. The van der Waals surface area contributed by atoms with E-state index in [4.69, 9.17) is 16.3 Å². The van der Waals surface area contributed by atoms with Crippen LogP contribution in [0.2, 0.25) is 5.02 Å². The number of esters is 1. The number of carbonyl (C=O) groups is 2. The van der Waals surface area contributed by atoms with E-state index in [1.807, 2.05) is 6.92 Å². The minimum atomic E-state index is -3.56. The van der Waals surface area contributed by atoms with Crippen molar-refractivity contribution in [3.05, 3.63) is 52.5 Å². The van der Waals surface area contributed by atoms with Crippen LogP contribution >= 0.6 is 11.6 Å². The number of nitrogens with zero attached hydrogens (tertiary/aromatic N) is 1. The van der Waals surface area contributed by atoms with E-state index in [0.29, 0.717) is 5.69 Å². The zero-order valence-electron chi connectivity index (χ0n) is 16.6. The maximum Gasteiger partial charge on any atom is 0.337 e. The number of sulfonamides is 1. The SMILES string of the molecule is COC(=O)c1ccc(Cl)c(NC(=O)C2CCN(S(C)(=O)=O)c3cc(C)ccc3O2)c1. The molecule has 0 aliphatic carbocycles. The molecule has 1 aliphatic rings. The monoisotopic (exact) mass is 452 g/mol. The van der Waals surface area contributed by atoms with E-state index in [0.717, 1.165) is 11.8 Å². The largest absolute Gasteiger partial charge is 0.478 e. The molecule has 0 radical (unpaired) electrons. The number of nitrogens with one attached hydrogen (secondary N) is 1. The van der Waals surface area contributed by atoms with Crippen molar-refractivity contribution < 1.29 is 27.5 Å². The first-order chi connectivity index (χ1) is 14.1. The summed E-state index contributed by atoms with van der Waals surface area (Å²) in [4.78, 5) is 24.6. The van der Waals surface area contributed by atoms with Crippen molar-refractivity contribution in [2.45, 2.75) is 19.4 Å². The van der Waals surface area contributed by atoms with Crippen LogP contribution in [-0.4, -0.2) is 46.3 Å². The average Bonchev–Trinajstić information content (AvgIpc) is 2.88. The minimum absolute atomic E-state index is 0.0727. The Kier molecular flexibility index (Phi) is 6.23. The Labute approximate surface area is 179 Å². The van der Waals surface area contributed by atoms with Crippen LogP contribution in [0.1, 0.15) is 22.3 Å². The highest BCUT2D eigenvalue weighted by atomic mass is 35.5. The number of methoxy groups -OCH3 is 1. The summed E-state index contributed by atoms with van der Waals surface area (Å²) < 4.78 is 36.3. The molecule has 0 spiro atoms. The number of hydrogen-bond donors (Lipinski definition) is 1. The van der Waals surface area contributed by atoms with E-state index in [1.54, 1.807) is 18.2 Å². The van der Waals surface area contributed by atoms with Crippen LogP contribution < -0.4 is 14.4 Å². The van der Waals surface area contributed by atoms with Crippen molar-refractivity contribution in [1.29, 1.82) is 0 Å². The number of amides is 1. The molecule has 1 aliphatic heterocycles. The highest BCUT2D eigenvalue weighted by molar-refractivity contribution is 7.92. The van der Waals surface area contributed by atoms with E-state index in [-0.39, 0.29) is 35.0 Å². The number of rotatable bonds is 4. The van der Waals surface area contributed by atoms with Crippen LogP contribution in [0, 0.1) is 6.92 Å². The Balaban J connectivity index is 1.88. The quantitative estimate of drug-likeness (QED) is 0.715. The molecule has 2 aromatic rings. The number of hydrogen-bond acceptors (Lipinski definition) is 6. The van der Waals surface area contributed by atoms with Gasteiger partial charge in [0.1, 0.15) is 5.75 Å². The first-order valence-corrected chi connectivity index (χ1v) is 11.3. The fourth-order valence-electron chi connectivity index (χ4n) is 3.10. The third-order valence-electron chi connectivity index (χ3n) is 4.58. The van der Waals surface area contributed by atoms with Gasteiger partial charge in [0.05, 0.1) is 35.3 Å². The highest BCUT2D eigenvalue weighted by Gasteiger charge is 2.31. The van der Waals surface area contributed by atoms with Crippen molar-refractivity contribution in [2.24, 2.45) is 0 Å². The van der Waals surface area contributed by atoms with Crippen molar-refractivity contribution in [1.82, 2.24) is 0 Å². The van der Waals surface area contributed by atoms with E-state index in [1.165, 1.54) is 29.6 Å². The molecule has 30 heavy (non-hydrogen) atoms. The molecule has 160 valence electrons. The zero-order valence-corrected chi connectivity index (χ0v) is 18.2. The molecular weight excluding hydrogens is 432 g/mol. The molecular formula is C20H21ClN2O6S. The van der Waals surface area contributed by atoms with Gasteiger partial charge in [0.25, 0.3) is 5.91 Å². The standard InChI is InChI=1S/C20H21ClN2O6S/c1-12-4-7-17-16(10-12)23(30(3,26)27)9-8-18(29-17)19(24)22-15-11-13(20(25)28-2)5-6-14(15)21/h4-7,10-11,18H,8-9H2,1-3H3,(H,22,24). The molecule has 0 bridgehead atoms. The van der Waals surface area contributed by atoms with Gasteiger partial charge in [-0.2, -0.15) is 0 Å². The fraction of sp³-hybridized carbons (Fsp3) is 0.300. The van der Waals surface area contributed by atoms with E-state index < -0.39 is 28.0 Å². The third-order valence-corrected chi connectivity index (χ3v) is 6.09. The second-order valence-electron chi connectivity index (χ2n) is 6.88. The molecule has 1 unspecified atom stereocenters. The predicted octanol–water partition coefficient (Wildman–Crippen LogP) is 2.99. The van der Waals surface area contributed by atoms with Crippen LogP contribution in [0.4, 0.5) is 11.4 Å². The summed E-state index contributed by atoms with van der Waals surface area (Å²) in [6, 6.07) is 9.47. The summed E-state index contributed by atoms with van der Waals surface area (Å²) in [5.41, 5.74) is 1.70. The Hall–Kier alpha value is -2.78. The van der Waals surface area contributed by atoms with Gasteiger partial charge >= 0.3 is 5.97 Å². The van der Waals surface area contributed by atoms with Crippen LogP contribution in [-0.2, 0) is 19.6 Å². The van der Waals surface area contributed by atoms with Gasteiger partial charge in [0.2, 0.25) is 10.0 Å². The summed E-state index contributed by atoms with van der Waals surface area (Å²) in [6.07, 6.45) is 0.273. The van der Waals surface area contributed by atoms with Crippen LogP contribution in [0.15, 0.2) is 36.4 Å². The summed E-state index contributed by atoms with van der Waals surface area (Å²) in [6.45, 7) is 1.91. The van der Waals surface area contributed by atoms with Crippen molar-refractivity contribution in [2.75, 3.05) is 29.5 Å². The lowest BCUT2D eigenvalue weighted by Crippen LogP contribution is -2.36. The lowest BCUT2D eigenvalue weighted by molar-refractivity contribution is -0.122. The van der Waals surface area contributed by atoms with Gasteiger partial charge in [0, 0.05) is 13.0 Å². The predicted molar refractivity (Wildman–Crippen MR) is 114 cm³/mol. The zero-order chi connectivity index (χ0) is 22.1. The molecule has 8 nitrogen and oxygen atoms in total. The number of benzene rings is 2. The van der Waals surface area contributed by atoms with Gasteiger partial charge in [-0.1, -0.05) is 17.7 Å². The first-order valence-electron chi connectivity index (χ1n) is 9.04. The Morgan fingerprint density at radius 1 is 1.23 bits per heavy atom. The molecule has 0 saturated carbocycles. The third kappa shape index (κ3) is 4.68. The van der Waals surface area contributed by atoms with Gasteiger partial charge < -0.3 is 14.8 Å². The summed E-state index contributed by atoms with van der Waals surface area (Å²) >= 11 is 6.15. The highest BCUT2D eigenvalue weighted by Crippen LogP contribution is 2.35. The van der Waals surface area contributed by atoms with Gasteiger partial charge in [-0.05, 0) is 42.8 Å². The van der Waals surface area contributed by atoms with Crippen molar-refractivity contribution >= 4 is 44.9 Å². The average molecular weight is 453 g/mol. The number of halogens is 1. The lowest BCUT2D eigenvalue weighted by Gasteiger charge is -2.21. The molecule has 1 N–H and O–H groups in total. The number of carbonyl (C=O) groups excluding carboxylic acids is 2. The van der Waals surface area contributed by atoms with Crippen molar-refractivity contribution in [3.8, 4) is 5.75 Å². The molecule has 0 fully saturated rings. The maximum absolute atomic E-state index is 12.9. The molecule has 1 heterocycles. The molecule has 0 aromatic heterocycles. The number of aryl methyl sites for hydroxylation is 1. The molecule has 0 saturated heterocycles. The van der Waals surface area contributed by atoms with Gasteiger partial charge in [0.15, 0.2) is 6.10 Å². The topological polar surface area (TPSA) is 102 Å². The molecule has 3 rings (SSSR count). The molecule has 10 heteroatoms. The van der Waals surface area contributed by atoms with E-state index in [9.17, 15) is 18.0 Å². The molecule has 1 amide bonds. The summed E-state index contributed by atoms with van der Waals surface area (Å²) in [5.74, 6) is -0.792. The van der Waals surface area contributed by atoms with Crippen LogP contribution in [0.25, 0.3) is 0 Å². The number of anilines is 2. The Bertz CT molecular complexity index is 1100. The van der Waals surface area contributed by atoms with Gasteiger partial charge in [-0.3, -0.25) is 9.10 Å². The van der Waals surface area contributed by atoms with Crippen molar-refractivity contribution in [3.63, 3.8) is 0 Å². The van der Waals surface area contributed by atoms with E-state index >= 15 is 0 Å². The Morgan fingerprint density at radius 3 is 2.63 bits per heavy atom. The number of fused-ring (bicyclic) bond motifs is 1. The van der Waals surface area contributed by atoms with Gasteiger partial charge in [-0.25, -0.2) is 13.2 Å². The van der Waals surface area contributed by atoms with Gasteiger partial charge in [-0.15, -0.1) is 0 Å².